The zero-order valence-electron chi connectivity index (χ0n) is 14.5. The number of imidazole rings is 1. The number of Topliss-reactive ketones (excluding diaryl/α,β-unsaturated/α-hetero) is 1. The Labute approximate surface area is 147 Å². The number of primary amides is 1. The Morgan fingerprint density at radius 3 is 2.76 bits per heavy atom. The second-order valence-electron chi connectivity index (χ2n) is 6.43. The van der Waals surface area contributed by atoms with E-state index in [0.717, 1.165) is 24.8 Å². The van der Waals surface area contributed by atoms with Gasteiger partial charge in [0.15, 0.2) is 5.82 Å². The summed E-state index contributed by atoms with van der Waals surface area (Å²) in [5.74, 6) is -0.585. The molecule has 1 aromatic heterocycles. The highest BCUT2D eigenvalue weighted by atomic mass is 16.1. The summed E-state index contributed by atoms with van der Waals surface area (Å²) < 4.78 is 0. The number of aromatic amines is 1. The second kappa shape index (κ2) is 7.47. The number of aromatic nitrogens is 2. The van der Waals surface area contributed by atoms with Gasteiger partial charge in [0.2, 0.25) is 5.78 Å². The van der Waals surface area contributed by atoms with Gasteiger partial charge in [-0.15, -0.1) is 0 Å². The van der Waals surface area contributed by atoms with E-state index in [2.05, 4.69) is 35.1 Å². The fourth-order valence-corrected chi connectivity index (χ4v) is 3.22. The van der Waals surface area contributed by atoms with Gasteiger partial charge in [-0.3, -0.25) is 9.59 Å². The molecule has 130 valence electrons. The maximum absolute atomic E-state index is 12.6. The number of allylic oxidation sites excluding steroid dienone is 2. The molecule has 1 aliphatic carbocycles. The molecule has 5 nitrogen and oxygen atoms in total. The predicted molar refractivity (Wildman–Crippen MR) is 97.4 cm³/mol. The lowest BCUT2D eigenvalue weighted by Gasteiger charge is -2.17. The van der Waals surface area contributed by atoms with Gasteiger partial charge in [-0.05, 0) is 54.4 Å². The van der Waals surface area contributed by atoms with E-state index in [1.165, 1.54) is 35.7 Å². The van der Waals surface area contributed by atoms with Gasteiger partial charge in [0.05, 0.1) is 6.20 Å². The zero-order valence-corrected chi connectivity index (χ0v) is 14.5. The molecule has 25 heavy (non-hydrogen) atoms. The van der Waals surface area contributed by atoms with Crippen LogP contribution < -0.4 is 5.73 Å². The largest absolute Gasteiger partial charge is 0.364 e. The number of benzene rings is 1. The monoisotopic (exact) mass is 337 g/mol. The van der Waals surface area contributed by atoms with E-state index < -0.39 is 5.91 Å². The SMILES string of the molecule is CCc1ccc(CC(=O)c2ncc(C(N)=O)[nH]2)c(C2=CCCCC2)c1. The molecule has 0 saturated heterocycles. The third-order valence-electron chi connectivity index (χ3n) is 4.68. The van der Waals surface area contributed by atoms with Gasteiger partial charge in [0.1, 0.15) is 5.69 Å². The predicted octanol–water partition coefficient (Wildman–Crippen LogP) is 3.45. The highest BCUT2D eigenvalue weighted by molar-refractivity contribution is 5.97. The van der Waals surface area contributed by atoms with Crippen molar-refractivity contribution >= 4 is 17.3 Å². The Morgan fingerprint density at radius 2 is 2.12 bits per heavy atom. The van der Waals surface area contributed by atoms with Crippen LogP contribution in [0.1, 0.15) is 70.4 Å². The standard InChI is InChI=1S/C20H23N3O2/c1-2-13-8-9-15(16(10-13)14-6-4-3-5-7-14)11-18(24)20-22-12-17(23-20)19(21)25/h6,8-10,12H,2-5,7,11H2,1H3,(H2,21,25)(H,22,23). The van der Waals surface area contributed by atoms with Crippen LogP contribution in [0.5, 0.6) is 0 Å². The normalized spacial score (nSPS) is 14.2. The Bertz CT molecular complexity index is 833. The van der Waals surface area contributed by atoms with E-state index in [9.17, 15) is 9.59 Å². The zero-order chi connectivity index (χ0) is 17.8. The molecule has 0 fully saturated rings. The lowest BCUT2D eigenvalue weighted by Crippen LogP contribution is -2.12. The molecule has 1 amide bonds. The van der Waals surface area contributed by atoms with E-state index in [1.807, 2.05) is 6.07 Å². The van der Waals surface area contributed by atoms with E-state index in [4.69, 9.17) is 5.73 Å². The number of nitrogens with one attached hydrogen (secondary N) is 1. The summed E-state index contributed by atoms with van der Waals surface area (Å²) in [6.45, 7) is 2.13. The molecule has 0 radical (unpaired) electrons. The molecular formula is C20H23N3O2. The first-order valence-corrected chi connectivity index (χ1v) is 8.77. The van der Waals surface area contributed by atoms with E-state index in [1.54, 1.807) is 0 Å². The Kier molecular flexibility index (Phi) is 5.12. The Hall–Kier alpha value is -2.69. The van der Waals surface area contributed by atoms with Crippen LogP contribution in [0.25, 0.3) is 5.57 Å². The average Bonchev–Trinajstić information content (AvgIpc) is 3.13. The molecule has 0 spiro atoms. The number of aryl methyl sites for hydroxylation is 1. The first-order valence-electron chi connectivity index (χ1n) is 8.77. The first kappa shape index (κ1) is 17.1. The van der Waals surface area contributed by atoms with Crippen LogP contribution in [-0.2, 0) is 12.8 Å². The Morgan fingerprint density at radius 1 is 1.28 bits per heavy atom. The molecule has 3 rings (SSSR count). The minimum absolute atomic E-state index is 0.144. The van der Waals surface area contributed by atoms with Crippen LogP contribution in [0.15, 0.2) is 30.5 Å². The number of carbonyl (C=O) groups excluding carboxylic acids is 2. The van der Waals surface area contributed by atoms with Crippen molar-refractivity contribution in [2.45, 2.75) is 45.4 Å². The summed E-state index contributed by atoms with van der Waals surface area (Å²) >= 11 is 0. The highest BCUT2D eigenvalue weighted by Crippen LogP contribution is 2.30. The van der Waals surface area contributed by atoms with Crippen molar-refractivity contribution in [1.82, 2.24) is 9.97 Å². The van der Waals surface area contributed by atoms with Crippen molar-refractivity contribution in [3.8, 4) is 0 Å². The molecule has 1 aromatic carbocycles. The van der Waals surface area contributed by atoms with Crippen molar-refractivity contribution in [2.24, 2.45) is 5.73 Å². The van der Waals surface area contributed by atoms with Crippen LogP contribution in [0.2, 0.25) is 0 Å². The van der Waals surface area contributed by atoms with Crippen LogP contribution in [0, 0.1) is 0 Å². The van der Waals surface area contributed by atoms with Gasteiger partial charge in [-0.25, -0.2) is 4.98 Å². The van der Waals surface area contributed by atoms with Crippen LogP contribution in [0.3, 0.4) is 0 Å². The van der Waals surface area contributed by atoms with Crippen molar-refractivity contribution in [2.75, 3.05) is 0 Å². The maximum Gasteiger partial charge on any atom is 0.266 e. The number of rotatable bonds is 6. The van der Waals surface area contributed by atoms with Crippen LogP contribution in [-0.4, -0.2) is 21.7 Å². The van der Waals surface area contributed by atoms with Gasteiger partial charge >= 0.3 is 0 Å². The number of nitrogens with two attached hydrogens (primary N) is 1. The lowest BCUT2D eigenvalue weighted by atomic mass is 9.88. The highest BCUT2D eigenvalue weighted by Gasteiger charge is 2.17. The van der Waals surface area contributed by atoms with Gasteiger partial charge < -0.3 is 10.7 Å². The first-order chi connectivity index (χ1) is 12.1. The van der Waals surface area contributed by atoms with Crippen molar-refractivity contribution in [3.05, 3.63) is 58.7 Å². The molecule has 0 atom stereocenters. The second-order valence-corrected chi connectivity index (χ2v) is 6.43. The van der Waals surface area contributed by atoms with E-state index in [0.29, 0.717) is 0 Å². The van der Waals surface area contributed by atoms with Crippen LogP contribution in [0.4, 0.5) is 0 Å². The van der Waals surface area contributed by atoms with E-state index in [-0.39, 0.29) is 23.7 Å². The van der Waals surface area contributed by atoms with E-state index >= 15 is 0 Å². The van der Waals surface area contributed by atoms with Crippen LogP contribution >= 0.6 is 0 Å². The average molecular weight is 337 g/mol. The summed E-state index contributed by atoms with van der Waals surface area (Å²) in [6, 6.07) is 6.32. The molecule has 3 N–H and O–H groups in total. The smallest absolute Gasteiger partial charge is 0.266 e. The molecule has 0 aliphatic heterocycles. The number of amides is 1. The fourth-order valence-electron chi connectivity index (χ4n) is 3.22. The third-order valence-corrected chi connectivity index (χ3v) is 4.68. The minimum Gasteiger partial charge on any atom is -0.364 e. The molecule has 2 aromatic rings. The lowest BCUT2D eigenvalue weighted by molar-refractivity contribution is 0.0984. The topological polar surface area (TPSA) is 88.8 Å². The summed E-state index contributed by atoms with van der Waals surface area (Å²) in [4.78, 5) is 30.4. The van der Waals surface area contributed by atoms with Gasteiger partial charge in [0, 0.05) is 6.42 Å². The summed E-state index contributed by atoms with van der Waals surface area (Å²) in [6.07, 6.45) is 9.39. The number of ketones is 1. The Balaban J connectivity index is 1.89. The third kappa shape index (κ3) is 3.87. The van der Waals surface area contributed by atoms with Gasteiger partial charge in [-0.2, -0.15) is 0 Å². The maximum atomic E-state index is 12.6. The number of nitrogens with zero attached hydrogens (tertiary/aromatic N) is 1. The van der Waals surface area contributed by atoms with Crippen molar-refractivity contribution in [1.29, 1.82) is 0 Å². The molecule has 5 heteroatoms. The van der Waals surface area contributed by atoms with Crippen molar-refractivity contribution in [3.63, 3.8) is 0 Å². The minimum atomic E-state index is -0.619. The van der Waals surface area contributed by atoms with Crippen molar-refractivity contribution < 1.29 is 9.59 Å². The quantitative estimate of drug-likeness (QED) is 0.791. The number of H-pyrrole nitrogens is 1. The molecule has 0 saturated carbocycles. The molecular weight excluding hydrogens is 314 g/mol. The number of hydrogen-bond donors (Lipinski definition) is 2. The molecule has 0 bridgehead atoms. The summed E-state index contributed by atoms with van der Waals surface area (Å²) in [5.41, 5.74) is 10.1. The molecule has 1 aliphatic rings. The van der Waals surface area contributed by atoms with Gasteiger partial charge in [-0.1, -0.05) is 31.2 Å². The van der Waals surface area contributed by atoms with Gasteiger partial charge in [0.25, 0.3) is 5.91 Å². The molecule has 0 unspecified atom stereocenters. The summed E-state index contributed by atoms with van der Waals surface area (Å²) in [7, 11) is 0. The number of hydrogen-bond acceptors (Lipinski definition) is 3. The summed E-state index contributed by atoms with van der Waals surface area (Å²) in [5, 5.41) is 0. The number of carbonyl (C=O) groups is 2. The fraction of sp³-hybridized carbons (Fsp3) is 0.350. The molecule has 1 heterocycles.